The molecule has 0 unspecified atom stereocenters. The molecule has 0 aliphatic heterocycles. The van der Waals surface area contributed by atoms with Crippen molar-refractivity contribution in [2.24, 2.45) is 5.73 Å². The molecule has 0 amide bonds. The Hall–Kier alpha value is -0.760. The van der Waals surface area contributed by atoms with Crippen LogP contribution in [0, 0.1) is 6.92 Å². The van der Waals surface area contributed by atoms with Crippen LogP contribution < -0.4 is 5.73 Å². The topological polar surface area (TPSA) is 39.2 Å². The quantitative estimate of drug-likeness (QED) is 0.588. The molecule has 1 heterocycles. The molecule has 0 saturated carbocycles. The molecule has 2 nitrogen and oxygen atoms in total. The molecule has 0 aromatic carbocycles. The van der Waals surface area contributed by atoms with Crippen molar-refractivity contribution in [3.63, 3.8) is 0 Å². The lowest BCUT2D eigenvalue weighted by atomic mass is 10.3. The van der Waals surface area contributed by atoms with Crippen molar-refractivity contribution in [3.05, 3.63) is 23.7 Å². The highest BCUT2D eigenvalue weighted by Crippen LogP contribution is 2.05. The van der Waals surface area contributed by atoms with Crippen LogP contribution >= 0.6 is 0 Å². The second-order valence-electron chi connectivity index (χ2n) is 1.71. The van der Waals surface area contributed by atoms with Gasteiger partial charge in [0.05, 0.1) is 6.26 Å². The van der Waals surface area contributed by atoms with Gasteiger partial charge in [0.25, 0.3) is 0 Å². The number of rotatable bonds is 1. The molecule has 0 spiro atoms. The van der Waals surface area contributed by atoms with Gasteiger partial charge in [0, 0.05) is 12.1 Å². The van der Waals surface area contributed by atoms with E-state index < -0.39 is 0 Å². The number of furan rings is 1. The molecular formula is C6H9NO. The Labute approximate surface area is 48.3 Å². The van der Waals surface area contributed by atoms with E-state index >= 15 is 0 Å². The summed E-state index contributed by atoms with van der Waals surface area (Å²) in [7, 11) is 0. The molecule has 2 heteroatoms. The Kier molecular flexibility index (Phi) is 1.35. The summed E-state index contributed by atoms with van der Waals surface area (Å²) >= 11 is 0. The smallest absolute Gasteiger partial charge is 0.105 e. The van der Waals surface area contributed by atoms with Gasteiger partial charge in [-0.3, -0.25) is 0 Å². The minimum absolute atomic E-state index is 0.572. The summed E-state index contributed by atoms with van der Waals surface area (Å²) in [5.74, 6) is 0.924. The second kappa shape index (κ2) is 2.01. The third-order valence-corrected chi connectivity index (χ3v) is 1.19. The van der Waals surface area contributed by atoms with Gasteiger partial charge >= 0.3 is 0 Å². The van der Waals surface area contributed by atoms with Crippen LogP contribution in [0.4, 0.5) is 0 Å². The first kappa shape index (κ1) is 5.38. The summed E-state index contributed by atoms with van der Waals surface area (Å²) in [4.78, 5) is 0. The van der Waals surface area contributed by atoms with Gasteiger partial charge in [0.2, 0.25) is 0 Å². The van der Waals surface area contributed by atoms with E-state index in [1.54, 1.807) is 6.26 Å². The van der Waals surface area contributed by atoms with Gasteiger partial charge < -0.3 is 10.2 Å². The van der Waals surface area contributed by atoms with E-state index in [0.717, 1.165) is 11.3 Å². The zero-order valence-corrected chi connectivity index (χ0v) is 4.85. The third-order valence-electron chi connectivity index (χ3n) is 1.19. The van der Waals surface area contributed by atoms with Crippen molar-refractivity contribution in [2.45, 2.75) is 13.5 Å². The van der Waals surface area contributed by atoms with Crippen LogP contribution in [0.25, 0.3) is 0 Å². The normalized spacial score (nSPS) is 9.75. The molecular weight excluding hydrogens is 102 g/mol. The molecule has 0 saturated heterocycles. The van der Waals surface area contributed by atoms with Crippen LogP contribution in [-0.4, -0.2) is 0 Å². The maximum atomic E-state index is 5.34. The van der Waals surface area contributed by atoms with Crippen molar-refractivity contribution < 1.29 is 4.42 Å². The van der Waals surface area contributed by atoms with Crippen LogP contribution in [0.5, 0.6) is 0 Å². The first-order valence-corrected chi connectivity index (χ1v) is 2.57. The predicted molar refractivity (Wildman–Crippen MR) is 31.3 cm³/mol. The van der Waals surface area contributed by atoms with E-state index in [0.29, 0.717) is 6.54 Å². The summed E-state index contributed by atoms with van der Waals surface area (Å²) < 4.78 is 4.98. The van der Waals surface area contributed by atoms with Gasteiger partial charge in [-0.15, -0.1) is 0 Å². The molecule has 1 rings (SSSR count). The van der Waals surface area contributed by atoms with E-state index in [1.165, 1.54) is 0 Å². The van der Waals surface area contributed by atoms with E-state index in [1.807, 2.05) is 13.0 Å². The first-order valence-electron chi connectivity index (χ1n) is 2.57. The molecule has 0 aliphatic rings. The Morgan fingerprint density at radius 2 is 2.50 bits per heavy atom. The van der Waals surface area contributed by atoms with Gasteiger partial charge in [0.15, 0.2) is 0 Å². The Morgan fingerprint density at radius 3 is 2.75 bits per heavy atom. The molecule has 0 aliphatic carbocycles. The van der Waals surface area contributed by atoms with Crippen molar-refractivity contribution in [1.82, 2.24) is 0 Å². The monoisotopic (exact) mass is 111 g/mol. The number of hydrogen-bond acceptors (Lipinski definition) is 2. The highest BCUT2D eigenvalue weighted by atomic mass is 16.3. The van der Waals surface area contributed by atoms with Crippen molar-refractivity contribution in [1.29, 1.82) is 0 Å². The Bertz CT molecular complexity index is 169. The summed E-state index contributed by atoms with van der Waals surface area (Å²) in [6.45, 7) is 2.48. The molecule has 1 aromatic heterocycles. The van der Waals surface area contributed by atoms with Crippen molar-refractivity contribution >= 4 is 0 Å². The van der Waals surface area contributed by atoms with Gasteiger partial charge in [-0.25, -0.2) is 0 Å². The summed E-state index contributed by atoms with van der Waals surface area (Å²) in [6.07, 6.45) is 1.65. The van der Waals surface area contributed by atoms with Crippen LogP contribution in [0.1, 0.15) is 11.3 Å². The zero-order chi connectivity index (χ0) is 5.98. The minimum atomic E-state index is 0.572. The van der Waals surface area contributed by atoms with Crippen LogP contribution in [0.3, 0.4) is 0 Å². The van der Waals surface area contributed by atoms with Gasteiger partial charge in [-0.05, 0) is 13.0 Å². The standard InChI is InChI=1S/C6H9NO/c1-5-6(4-7)2-3-8-5/h2-3H,4,7H2,1H3. The lowest BCUT2D eigenvalue weighted by molar-refractivity contribution is 0.530. The second-order valence-corrected chi connectivity index (χ2v) is 1.71. The predicted octanol–water partition coefficient (Wildman–Crippen LogP) is 1.05. The molecule has 0 atom stereocenters. The van der Waals surface area contributed by atoms with Gasteiger partial charge in [-0.1, -0.05) is 0 Å². The van der Waals surface area contributed by atoms with Crippen molar-refractivity contribution in [2.75, 3.05) is 0 Å². The largest absolute Gasteiger partial charge is 0.469 e. The van der Waals surface area contributed by atoms with Crippen LogP contribution in [-0.2, 0) is 6.54 Å². The zero-order valence-electron chi connectivity index (χ0n) is 4.85. The SMILES string of the molecule is Cc1occc1CN. The Morgan fingerprint density at radius 1 is 1.75 bits per heavy atom. The molecule has 44 valence electrons. The molecule has 2 N–H and O–H groups in total. The molecule has 1 aromatic rings. The fourth-order valence-corrected chi connectivity index (χ4v) is 0.623. The van der Waals surface area contributed by atoms with E-state index in [2.05, 4.69) is 0 Å². The van der Waals surface area contributed by atoms with Gasteiger partial charge in [-0.2, -0.15) is 0 Å². The van der Waals surface area contributed by atoms with Crippen LogP contribution in [0.15, 0.2) is 16.7 Å². The maximum absolute atomic E-state index is 5.34. The Balaban J connectivity index is 2.92. The summed E-state index contributed by atoms with van der Waals surface area (Å²) in [5, 5.41) is 0. The lowest BCUT2D eigenvalue weighted by Gasteiger charge is -1.86. The minimum Gasteiger partial charge on any atom is -0.469 e. The number of aryl methyl sites for hydroxylation is 1. The number of nitrogens with two attached hydrogens (primary N) is 1. The van der Waals surface area contributed by atoms with Gasteiger partial charge in [0.1, 0.15) is 5.76 Å². The highest BCUT2D eigenvalue weighted by Gasteiger charge is 1.94. The summed E-state index contributed by atoms with van der Waals surface area (Å²) in [5.41, 5.74) is 6.42. The lowest BCUT2D eigenvalue weighted by Crippen LogP contribution is -1.94. The fourth-order valence-electron chi connectivity index (χ4n) is 0.623. The average Bonchev–Trinajstić information content (AvgIpc) is 2.14. The number of hydrogen-bond donors (Lipinski definition) is 1. The van der Waals surface area contributed by atoms with E-state index in [4.69, 9.17) is 10.2 Å². The highest BCUT2D eigenvalue weighted by molar-refractivity contribution is 5.14. The molecule has 0 bridgehead atoms. The fraction of sp³-hybridized carbons (Fsp3) is 0.333. The van der Waals surface area contributed by atoms with Crippen LogP contribution in [0.2, 0.25) is 0 Å². The average molecular weight is 111 g/mol. The first-order chi connectivity index (χ1) is 3.84. The third kappa shape index (κ3) is 0.746. The molecule has 0 fully saturated rings. The molecule has 0 radical (unpaired) electrons. The maximum Gasteiger partial charge on any atom is 0.105 e. The van der Waals surface area contributed by atoms with E-state index in [-0.39, 0.29) is 0 Å². The van der Waals surface area contributed by atoms with Crippen molar-refractivity contribution in [3.8, 4) is 0 Å². The summed E-state index contributed by atoms with van der Waals surface area (Å²) in [6, 6.07) is 1.88. The molecule has 8 heavy (non-hydrogen) atoms. The van der Waals surface area contributed by atoms with E-state index in [9.17, 15) is 0 Å².